The van der Waals surface area contributed by atoms with E-state index in [1.807, 2.05) is 6.08 Å². The van der Waals surface area contributed by atoms with Crippen LogP contribution in [0.15, 0.2) is 53.5 Å². The Morgan fingerprint density at radius 1 is 1.21 bits per heavy atom. The van der Waals surface area contributed by atoms with Crippen LogP contribution in [0, 0.1) is 0 Å². The number of hydrogen-bond acceptors (Lipinski definition) is 3. The van der Waals surface area contributed by atoms with Gasteiger partial charge in [-0.05, 0) is 29.0 Å². The second-order valence-corrected chi connectivity index (χ2v) is 6.69. The molecule has 2 aromatic carbocycles. The van der Waals surface area contributed by atoms with Gasteiger partial charge in [-0.15, -0.1) is 0 Å². The zero-order chi connectivity index (χ0) is 15.9. The summed E-state index contributed by atoms with van der Waals surface area (Å²) in [5.41, 5.74) is 1.81. The van der Waals surface area contributed by atoms with Crippen molar-refractivity contribution >= 4 is 27.9 Å². The minimum Gasteiger partial charge on any atom is -1.00 e. The zero-order valence-corrected chi connectivity index (χ0v) is 16.1. The van der Waals surface area contributed by atoms with Gasteiger partial charge in [-0.1, -0.05) is 30.8 Å². The van der Waals surface area contributed by atoms with Crippen molar-refractivity contribution in [2.24, 2.45) is 0 Å². The lowest BCUT2D eigenvalue weighted by molar-refractivity contribution is -0.904. The summed E-state index contributed by atoms with van der Waals surface area (Å²) in [5, 5.41) is 2.39. The molecule has 0 bridgehead atoms. The van der Waals surface area contributed by atoms with Crippen molar-refractivity contribution in [1.29, 1.82) is 0 Å². The molecule has 1 aliphatic heterocycles. The molecule has 3 aromatic rings. The Bertz CT molecular complexity index is 813. The van der Waals surface area contributed by atoms with E-state index in [4.69, 9.17) is 9.40 Å². The van der Waals surface area contributed by atoms with Crippen LogP contribution in [-0.2, 0) is 0 Å². The van der Waals surface area contributed by atoms with Gasteiger partial charge in [-0.25, -0.2) is 0 Å². The number of likely N-dealkylation sites (N-methyl/N-ethyl adjacent to an activating group) is 1. The van der Waals surface area contributed by atoms with E-state index in [2.05, 4.69) is 54.9 Å². The van der Waals surface area contributed by atoms with Crippen molar-refractivity contribution in [3.63, 3.8) is 0 Å². The number of aromatic nitrogens is 1. The summed E-state index contributed by atoms with van der Waals surface area (Å²) < 4.78 is 7.08. The Balaban J connectivity index is 0.00000169. The van der Waals surface area contributed by atoms with Crippen LogP contribution in [0.3, 0.4) is 0 Å². The van der Waals surface area contributed by atoms with Crippen molar-refractivity contribution in [3.05, 3.63) is 49.1 Å². The van der Waals surface area contributed by atoms with Crippen molar-refractivity contribution in [2.75, 3.05) is 44.7 Å². The summed E-state index contributed by atoms with van der Waals surface area (Å²) in [4.78, 5) is 6.97. The molecule has 126 valence electrons. The minimum atomic E-state index is 0. The smallest absolute Gasteiger partial charge is 0.298 e. The average molecular weight is 435 g/mol. The molecule has 24 heavy (non-hydrogen) atoms. The lowest BCUT2D eigenvalue weighted by Crippen LogP contribution is -3.00. The highest BCUT2D eigenvalue weighted by Gasteiger charge is 2.29. The van der Waals surface area contributed by atoms with E-state index < -0.39 is 0 Å². The quantitative estimate of drug-likeness (QED) is 0.340. The van der Waals surface area contributed by atoms with Gasteiger partial charge in [-0.2, -0.15) is 4.98 Å². The number of oxazole rings is 1. The second-order valence-electron chi connectivity index (χ2n) is 6.69. The van der Waals surface area contributed by atoms with Gasteiger partial charge in [0.15, 0.2) is 5.58 Å². The Morgan fingerprint density at radius 3 is 2.54 bits per heavy atom. The highest BCUT2D eigenvalue weighted by atomic mass is 127. The lowest BCUT2D eigenvalue weighted by Gasteiger charge is -2.40. The molecule has 1 saturated heterocycles. The summed E-state index contributed by atoms with van der Waals surface area (Å²) in [7, 11) is 2.29. The number of nitrogens with zero attached hydrogens (tertiary/aromatic N) is 3. The predicted molar refractivity (Wildman–Crippen MR) is 94.7 cm³/mol. The van der Waals surface area contributed by atoms with E-state index in [0.717, 1.165) is 54.3 Å². The monoisotopic (exact) mass is 435 g/mol. The molecule has 1 aromatic heterocycles. The van der Waals surface area contributed by atoms with E-state index >= 15 is 0 Å². The Labute approximate surface area is 159 Å². The van der Waals surface area contributed by atoms with Gasteiger partial charge in [0.1, 0.15) is 5.52 Å². The van der Waals surface area contributed by atoms with Gasteiger partial charge in [0.05, 0.1) is 39.8 Å². The first-order valence-corrected chi connectivity index (χ1v) is 8.16. The maximum atomic E-state index is 6.03. The molecule has 0 N–H and O–H groups in total. The molecule has 0 spiro atoms. The van der Waals surface area contributed by atoms with Crippen molar-refractivity contribution < 1.29 is 32.9 Å². The molecule has 5 heteroatoms. The first-order valence-electron chi connectivity index (χ1n) is 8.16. The fraction of sp³-hybridized carbons (Fsp3) is 0.316. The zero-order valence-electron chi connectivity index (χ0n) is 13.9. The van der Waals surface area contributed by atoms with Gasteiger partial charge in [0, 0.05) is 0 Å². The van der Waals surface area contributed by atoms with Crippen LogP contribution in [0.2, 0.25) is 0 Å². The third-order valence-electron chi connectivity index (χ3n) is 4.90. The van der Waals surface area contributed by atoms with Crippen molar-refractivity contribution in [3.8, 4) is 0 Å². The van der Waals surface area contributed by atoms with E-state index in [1.54, 1.807) is 0 Å². The summed E-state index contributed by atoms with van der Waals surface area (Å²) in [6.07, 6.45) is 2.01. The standard InChI is InChI=1S/C19H22N3O.HI/c1-3-10-22(2)11-8-21(9-12-22)19-20-17-13-15-6-4-5-7-16(15)14-18(17)23-19;/h3-7,13-14H,1,8-12H2,2H3;1H/q+1;/p-1. The fourth-order valence-electron chi connectivity index (χ4n) is 3.37. The van der Waals surface area contributed by atoms with Crippen LogP contribution in [0.4, 0.5) is 6.01 Å². The highest BCUT2D eigenvalue weighted by Crippen LogP contribution is 2.27. The number of rotatable bonds is 3. The fourth-order valence-corrected chi connectivity index (χ4v) is 3.37. The minimum absolute atomic E-state index is 0. The van der Waals surface area contributed by atoms with Gasteiger partial charge in [0.25, 0.3) is 6.01 Å². The van der Waals surface area contributed by atoms with Crippen LogP contribution >= 0.6 is 0 Å². The van der Waals surface area contributed by atoms with Gasteiger partial charge >= 0.3 is 0 Å². The van der Waals surface area contributed by atoms with Crippen molar-refractivity contribution in [1.82, 2.24) is 4.98 Å². The normalized spacial score (nSPS) is 17.0. The summed E-state index contributed by atoms with van der Waals surface area (Å²) in [6, 6.07) is 13.3. The lowest BCUT2D eigenvalue weighted by atomic mass is 10.1. The van der Waals surface area contributed by atoms with E-state index in [-0.39, 0.29) is 24.0 Å². The summed E-state index contributed by atoms with van der Waals surface area (Å²) >= 11 is 0. The largest absolute Gasteiger partial charge is 1.00 e. The number of anilines is 1. The molecule has 0 saturated carbocycles. The number of hydrogen-bond donors (Lipinski definition) is 0. The van der Waals surface area contributed by atoms with Crippen LogP contribution in [-0.4, -0.2) is 49.2 Å². The number of benzene rings is 2. The third-order valence-corrected chi connectivity index (χ3v) is 4.90. The second kappa shape index (κ2) is 6.72. The number of quaternary nitrogens is 1. The van der Waals surface area contributed by atoms with Crippen molar-refractivity contribution in [2.45, 2.75) is 0 Å². The van der Waals surface area contributed by atoms with E-state index in [0.29, 0.717) is 0 Å². The molecule has 0 aliphatic carbocycles. The Kier molecular flexibility index (Phi) is 4.83. The van der Waals surface area contributed by atoms with Gasteiger partial charge in [0.2, 0.25) is 0 Å². The van der Waals surface area contributed by atoms with E-state index in [9.17, 15) is 0 Å². The van der Waals surface area contributed by atoms with Crippen LogP contribution in [0.5, 0.6) is 0 Å². The average Bonchev–Trinajstić information content (AvgIpc) is 2.96. The molecule has 1 aliphatic rings. The molecule has 0 unspecified atom stereocenters. The molecular formula is C19H22IN3O. The maximum Gasteiger partial charge on any atom is 0.298 e. The SMILES string of the molecule is C=CC[N+]1(C)CCN(c2nc3cc4ccccc4cc3o2)CC1.[I-]. The summed E-state index contributed by atoms with van der Waals surface area (Å²) in [5.74, 6) is 0. The number of piperazine rings is 1. The van der Waals surface area contributed by atoms with Crippen LogP contribution in [0.1, 0.15) is 0 Å². The van der Waals surface area contributed by atoms with Gasteiger partial charge in [-0.3, -0.25) is 0 Å². The van der Waals surface area contributed by atoms with Gasteiger partial charge < -0.3 is 37.8 Å². The molecule has 4 nitrogen and oxygen atoms in total. The van der Waals surface area contributed by atoms with Crippen LogP contribution < -0.4 is 28.9 Å². The van der Waals surface area contributed by atoms with E-state index in [1.165, 1.54) is 10.8 Å². The first-order chi connectivity index (χ1) is 11.2. The summed E-state index contributed by atoms with van der Waals surface area (Å²) in [6.45, 7) is 9.01. The number of fused-ring (bicyclic) bond motifs is 2. The molecular weight excluding hydrogens is 413 g/mol. The first kappa shape index (κ1) is 17.2. The topological polar surface area (TPSA) is 29.3 Å². The Morgan fingerprint density at radius 2 is 1.88 bits per heavy atom. The molecule has 4 rings (SSSR count). The maximum absolute atomic E-state index is 6.03. The number of halogens is 1. The highest BCUT2D eigenvalue weighted by molar-refractivity contribution is 5.94. The molecule has 0 radical (unpaired) electrons. The molecule has 1 fully saturated rings. The third kappa shape index (κ3) is 3.15. The predicted octanol–water partition coefficient (Wildman–Crippen LogP) is 0.438. The Hall–Kier alpha value is -1.60. The molecule has 2 heterocycles. The molecule has 0 atom stereocenters. The molecule has 0 amide bonds. The van der Waals surface area contributed by atoms with Crippen LogP contribution in [0.25, 0.3) is 21.9 Å².